The Morgan fingerprint density at radius 1 is 1.33 bits per heavy atom. The van der Waals surface area contributed by atoms with Crippen LogP contribution >= 0.6 is 0 Å². The lowest BCUT2D eigenvalue weighted by Crippen LogP contribution is -2.44. The summed E-state index contributed by atoms with van der Waals surface area (Å²) in [4.78, 5) is 19.5. The van der Waals surface area contributed by atoms with Gasteiger partial charge in [-0.3, -0.25) is 0 Å². The molecular formula is C16H25N3O2. The highest BCUT2D eigenvalue weighted by molar-refractivity contribution is 5.87. The second-order valence-corrected chi connectivity index (χ2v) is 7.42. The van der Waals surface area contributed by atoms with E-state index < -0.39 is 0 Å². The molecule has 1 aromatic rings. The lowest BCUT2D eigenvalue weighted by atomic mass is 9.76. The highest BCUT2D eigenvalue weighted by atomic mass is 16.5. The number of rotatable bonds is 3. The molecule has 0 bridgehead atoms. The number of aromatic nitrogens is 2. The summed E-state index contributed by atoms with van der Waals surface area (Å²) in [6, 6.07) is 0. The van der Waals surface area contributed by atoms with Crippen molar-refractivity contribution in [1.29, 1.82) is 0 Å². The van der Waals surface area contributed by atoms with E-state index in [0.29, 0.717) is 16.9 Å². The van der Waals surface area contributed by atoms with Gasteiger partial charge in [0, 0.05) is 0 Å². The summed E-state index contributed by atoms with van der Waals surface area (Å²) >= 11 is 0. The number of hydrogen-bond donors (Lipinski definition) is 2. The summed E-state index contributed by atoms with van der Waals surface area (Å²) in [5.41, 5.74) is 6.64. The number of nitrogens with one attached hydrogen (secondary N) is 1. The van der Waals surface area contributed by atoms with Gasteiger partial charge in [0.15, 0.2) is 0 Å². The zero-order valence-corrected chi connectivity index (χ0v) is 12.9. The second-order valence-electron chi connectivity index (χ2n) is 7.42. The largest absolute Gasteiger partial charge is 0.458 e. The van der Waals surface area contributed by atoms with Crippen molar-refractivity contribution >= 4 is 5.97 Å². The number of carbonyl (C=O) groups excluding carboxylic acids is 1. The minimum Gasteiger partial charge on any atom is -0.458 e. The van der Waals surface area contributed by atoms with Crippen molar-refractivity contribution in [2.45, 2.75) is 70.4 Å². The topological polar surface area (TPSA) is 81.0 Å². The lowest BCUT2D eigenvalue weighted by Gasteiger charge is -2.36. The standard InChI is InChI=1S/C16H25N3O2/c1-15(2)8-4-11(5-9-15)21-13(20)12-10-18-14(19-12)16(17)6-3-7-16/h10-11H,3-9,17H2,1-2H3,(H,18,19). The minimum absolute atomic E-state index is 0.0350. The summed E-state index contributed by atoms with van der Waals surface area (Å²) in [6.07, 6.45) is 8.65. The van der Waals surface area contributed by atoms with Crippen molar-refractivity contribution < 1.29 is 9.53 Å². The van der Waals surface area contributed by atoms with Gasteiger partial charge in [-0.05, 0) is 50.4 Å². The summed E-state index contributed by atoms with van der Waals surface area (Å²) < 4.78 is 5.60. The summed E-state index contributed by atoms with van der Waals surface area (Å²) in [5, 5.41) is 0. The molecule has 0 spiro atoms. The van der Waals surface area contributed by atoms with Crippen LogP contribution in [0.15, 0.2) is 6.20 Å². The Balaban J connectivity index is 1.59. The number of hydrogen-bond acceptors (Lipinski definition) is 4. The average molecular weight is 291 g/mol. The fourth-order valence-corrected chi connectivity index (χ4v) is 3.18. The van der Waals surface area contributed by atoms with Gasteiger partial charge in [0.2, 0.25) is 0 Å². The molecule has 2 aliphatic rings. The lowest BCUT2D eigenvalue weighted by molar-refractivity contribution is 0.00893. The van der Waals surface area contributed by atoms with E-state index in [4.69, 9.17) is 10.5 Å². The van der Waals surface area contributed by atoms with E-state index in [1.807, 2.05) is 0 Å². The van der Waals surface area contributed by atoms with E-state index in [2.05, 4.69) is 23.8 Å². The van der Waals surface area contributed by atoms with Crippen LogP contribution in [0.3, 0.4) is 0 Å². The Hall–Kier alpha value is -1.36. The Morgan fingerprint density at radius 2 is 2.00 bits per heavy atom. The maximum atomic E-state index is 12.2. The van der Waals surface area contributed by atoms with Crippen LogP contribution in [0.5, 0.6) is 0 Å². The molecule has 0 aliphatic heterocycles. The van der Waals surface area contributed by atoms with E-state index in [1.165, 1.54) is 0 Å². The van der Waals surface area contributed by atoms with Crippen LogP contribution in [-0.4, -0.2) is 22.0 Å². The van der Waals surface area contributed by atoms with Gasteiger partial charge < -0.3 is 15.5 Å². The molecule has 21 heavy (non-hydrogen) atoms. The van der Waals surface area contributed by atoms with E-state index in [-0.39, 0.29) is 17.6 Å². The zero-order valence-electron chi connectivity index (χ0n) is 12.9. The van der Waals surface area contributed by atoms with Crippen LogP contribution in [0.25, 0.3) is 0 Å². The first kappa shape index (κ1) is 14.6. The molecule has 1 aromatic heterocycles. The molecule has 0 unspecified atom stereocenters. The third kappa shape index (κ3) is 2.98. The van der Waals surface area contributed by atoms with Gasteiger partial charge in [-0.2, -0.15) is 0 Å². The molecule has 5 heteroatoms. The number of imidazole rings is 1. The number of ether oxygens (including phenoxy) is 1. The minimum atomic E-state index is -0.368. The van der Waals surface area contributed by atoms with Gasteiger partial charge in [0.25, 0.3) is 0 Å². The SMILES string of the molecule is CC1(C)CCC(OC(=O)c2cnc(C3(N)CCC3)[nH]2)CC1. The molecule has 1 heterocycles. The molecule has 3 N–H and O–H groups in total. The third-order valence-electron chi connectivity index (χ3n) is 5.07. The maximum absolute atomic E-state index is 12.2. The van der Waals surface area contributed by atoms with E-state index in [0.717, 1.165) is 44.9 Å². The van der Waals surface area contributed by atoms with Gasteiger partial charge in [-0.25, -0.2) is 9.78 Å². The summed E-state index contributed by atoms with van der Waals surface area (Å²) in [5.74, 6) is 0.409. The number of carbonyl (C=O) groups is 1. The van der Waals surface area contributed by atoms with Crippen LogP contribution in [0.1, 0.15) is 75.1 Å². The number of nitrogens with two attached hydrogens (primary N) is 1. The van der Waals surface area contributed by atoms with Crippen molar-refractivity contribution in [2.24, 2.45) is 11.1 Å². The molecule has 0 aromatic carbocycles. The Morgan fingerprint density at radius 3 is 2.57 bits per heavy atom. The quantitative estimate of drug-likeness (QED) is 0.839. The molecule has 0 radical (unpaired) electrons. The van der Waals surface area contributed by atoms with Crippen LogP contribution in [0.4, 0.5) is 0 Å². The van der Waals surface area contributed by atoms with Gasteiger partial charge in [0.05, 0.1) is 11.7 Å². The number of nitrogens with zero attached hydrogens (tertiary/aromatic N) is 1. The fourth-order valence-electron chi connectivity index (χ4n) is 3.18. The molecule has 2 fully saturated rings. The normalized spacial score (nSPS) is 24.3. The number of esters is 1. The van der Waals surface area contributed by atoms with E-state index in [9.17, 15) is 4.79 Å². The molecule has 3 rings (SSSR count). The zero-order chi connectivity index (χ0) is 15.1. The van der Waals surface area contributed by atoms with Crippen molar-refractivity contribution in [3.63, 3.8) is 0 Å². The smallest absolute Gasteiger partial charge is 0.356 e. The van der Waals surface area contributed by atoms with Gasteiger partial charge in [-0.15, -0.1) is 0 Å². The number of aromatic amines is 1. The Kier molecular flexibility index (Phi) is 3.56. The first-order chi connectivity index (χ1) is 9.88. The number of H-pyrrole nitrogens is 1. The van der Waals surface area contributed by atoms with Crippen molar-refractivity contribution in [3.05, 3.63) is 17.7 Å². The van der Waals surface area contributed by atoms with Crippen molar-refractivity contribution in [1.82, 2.24) is 9.97 Å². The van der Waals surface area contributed by atoms with Crippen molar-refractivity contribution in [3.8, 4) is 0 Å². The highest BCUT2D eigenvalue weighted by Crippen LogP contribution is 2.38. The summed E-state index contributed by atoms with van der Waals surface area (Å²) in [6.45, 7) is 4.54. The van der Waals surface area contributed by atoms with Crippen LogP contribution < -0.4 is 5.73 Å². The van der Waals surface area contributed by atoms with Gasteiger partial charge >= 0.3 is 5.97 Å². The van der Waals surface area contributed by atoms with E-state index in [1.54, 1.807) is 6.20 Å². The van der Waals surface area contributed by atoms with Crippen LogP contribution in [-0.2, 0) is 10.3 Å². The molecule has 116 valence electrons. The molecule has 5 nitrogen and oxygen atoms in total. The molecule has 0 amide bonds. The van der Waals surface area contributed by atoms with E-state index >= 15 is 0 Å². The fraction of sp³-hybridized carbons (Fsp3) is 0.750. The Bertz CT molecular complexity index is 521. The molecule has 2 aliphatic carbocycles. The maximum Gasteiger partial charge on any atom is 0.356 e. The average Bonchev–Trinajstić information content (AvgIpc) is 2.88. The summed E-state index contributed by atoms with van der Waals surface area (Å²) in [7, 11) is 0. The second kappa shape index (κ2) is 5.13. The first-order valence-corrected chi connectivity index (χ1v) is 7.93. The van der Waals surface area contributed by atoms with Crippen LogP contribution in [0.2, 0.25) is 0 Å². The molecule has 0 saturated heterocycles. The van der Waals surface area contributed by atoms with Gasteiger partial charge in [-0.1, -0.05) is 13.8 Å². The predicted octanol–water partition coefficient (Wildman–Crippen LogP) is 2.87. The van der Waals surface area contributed by atoms with Crippen LogP contribution in [0, 0.1) is 5.41 Å². The first-order valence-electron chi connectivity index (χ1n) is 7.93. The molecular weight excluding hydrogens is 266 g/mol. The van der Waals surface area contributed by atoms with Gasteiger partial charge in [0.1, 0.15) is 17.6 Å². The molecule has 2 saturated carbocycles. The monoisotopic (exact) mass is 291 g/mol. The molecule has 0 atom stereocenters. The Labute approximate surface area is 125 Å². The van der Waals surface area contributed by atoms with Crippen molar-refractivity contribution in [2.75, 3.05) is 0 Å². The predicted molar refractivity (Wildman–Crippen MR) is 79.8 cm³/mol. The highest BCUT2D eigenvalue weighted by Gasteiger charge is 2.37. The third-order valence-corrected chi connectivity index (χ3v) is 5.07.